The van der Waals surface area contributed by atoms with Gasteiger partial charge in [0, 0.05) is 11.7 Å². The summed E-state index contributed by atoms with van der Waals surface area (Å²) in [5.74, 6) is 0. The third-order valence-corrected chi connectivity index (χ3v) is 3.79. The van der Waals surface area contributed by atoms with Crippen LogP contribution in [-0.2, 0) is 0 Å². The smallest absolute Gasteiger partial charge is 0.0453 e. The predicted molar refractivity (Wildman–Crippen MR) is 143 cm³/mol. The Morgan fingerprint density at radius 1 is 0.355 bits per heavy atom. The Morgan fingerprint density at radius 3 is 1.03 bits per heavy atom. The molecule has 0 amide bonds. The van der Waals surface area contributed by atoms with Crippen LogP contribution < -0.4 is 0 Å². The van der Waals surface area contributed by atoms with Crippen LogP contribution >= 0.6 is 0 Å². The van der Waals surface area contributed by atoms with Crippen molar-refractivity contribution in [1.82, 2.24) is 4.98 Å². The van der Waals surface area contributed by atoms with Crippen LogP contribution in [0.3, 0.4) is 0 Å². The molecule has 5 aromatic rings. The molecule has 0 radical (unpaired) electrons. The van der Waals surface area contributed by atoms with E-state index < -0.39 is 0 Å². The van der Waals surface area contributed by atoms with Crippen molar-refractivity contribution >= 4 is 21.7 Å². The zero-order valence-corrected chi connectivity index (χ0v) is 20.0. The van der Waals surface area contributed by atoms with Crippen molar-refractivity contribution < 1.29 is 0 Å². The fraction of sp³-hybridized carbons (Fsp3) is 0.200. The maximum absolute atomic E-state index is 3.12. The average Bonchev–Trinajstić information content (AvgIpc) is 3.39. The van der Waals surface area contributed by atoms with E-state index >= 15 is 0 Å². The molecular weight excluding hydrogens is 374 g/mol. The molecule has 0 bridgehead atoms. The topological polar surface area (TPSA) is 15.8 Å². The molecule has 0 aliphatic heterocycles. The molecule has 1 heterocycles. The van der Waals surface area contributed by atoms with Crippen molar-refractivity contribution in [2.75, 3.05) is 0 Å². The number of para-hydroxylation sites is 1. The van der Waals surface area contributed by atoms with Gasteiger partial charge in [0.2, 0.25) is 0 Å². The van der Waals surface area contributed by atoms with Crippen molar-refractivity contribution in [2.45, 2.75) is 41.5 Å². The minimum Gasteiger partial charge on any atom is -0.361 e. The van der Waals surface area contributed by atoms with E-state index in [4.69, 9.17) is 0 Å². The van der Waals surface area contributed by atoms with Crippen LogP contribution in [0.4, 0.5) is 0 Å². The summed E-state index contributed by atoms with van der Waals surface area (Å²) in [6, 6.07) is 39.0. The molecule has 0 aliphatic carbocycles. The lowest BCUT2D eigenvalue weighted by molar-refractivity contribution is 1.48. The number of aromatic amines is 1. The number of fused-ring (bicyclic) bond motifs is 2. The van der Waals surface area contributed by atoms with Gasteiger partial charge < -0.3 is 4.98 Å². The highest BCUT2D eigenvalue weighted by Gasteiger charge is 1.87. The third-order valence-electron chi connectivity index (χ3n) is 3.79. The van der Waals surface area contributed by atoms with Crippen molar-refractivity contribution in [1.29, 1.82) is 0 Å². The Kier molecular flexibility index (Phi) is 17.8. The molecule has 5 rings (SSSR count). The monoisotopic (exact) mass is 413 g/mol. The van der Waals surface area contributed by atoms with Gasteiger partial charge in [-0.1, -0.05) is 145 Å². The largest absolute Gasteiger partial charge is 0.361 e. The molecule has 0 atom stereocenters. The van der Waals surface area contributed by atoms with E-state index in [1.807, 2.05) is 96.3 Å². The first-order valence-corrected chi connectivity index (χ1v) is 11.4. The SMILES string of the molecule is CC.CC.CC.c1ccc2[nH]ccc2c1.c1ccc2ccccc2c1.c1ccccc1. The lowest BCUT2D eigenvalue weighted by Gasteiger charge is -1.92. The molecule has 164 valence electrons. The molecule has 1 N–H and O–H groups in total. The highest BCUT2D eigenvalue weighted by Crippen LogP contribution is 2.11. The first kappa shape index (κ1) is 27.7. The number of hydrogen-bond acceptors (Lipinski definition) is 0. The number of aromatic nitrogens is 1. The quantitative estimate of drug-likeness (QED) is 0.260. The second-order valence-corrected chi connectivity index (χ2v) is 5.57. The summed E-state index contributed by atoms with van der Waals surface area (Å²) in [6.45, 7) is 12.0. The van der Waals surface area contributed by atoms with Gasteiger partial charge in [-0.05, 0) is 28.3 Å². The fourth-order valence-electron chi connectivity index (χ4n) is 2.51. The highest BCUT2D eigenvalue weighted by atomic mass is 14.7. The molecule has 4 aromatic carbocycles. The Labute approximate surface area is 189 Å². The Morgan fingerprint density at radius 2 is 0.677 bits per heavy atom. The Balaban J connectivity index is 0.000000397. The zero-order chi connectivity index (χ0) is 23.2. The molecule has 0 aliphatic rings. The molecule has 0 saturated heterocycles. The second-order valence-electron chi connectivity index (χ2n) is 5.57. The number of nitrogens with one attached hydrogen (secondary N) is 1. The van der Waals surface area contributed by atoms with Gasteiger partial charge in [-0.25, -0.2) is 0 Å². The van der Waals surface area contributed by atoms with E-state index in [0.717, 1.165) is 0 Å². The molecule has 1 aromatic heterocycles. The zero-order valence-electron chi connectivity index (χ0n) is 20.0. The summed E-state index contributed by atoms with van der Waals surface area (Å²) in [5, 5.41) is 3.90. The van der Waals surface area contributed by atoms with E-state index in [2.05, 4.69) is 71.7 Å². The van der Waals surface area contributed by atoms with Crippen molar-refractivity contribution in [2.24, 2.45) is 0 Å². The van der Waals surface area contributed by atoms with Gasteiger partial charge in [0.1, 0.15) is 0 Å². The minimum atomic E-state index is 1.21. The lowest BCUT2D eigenvalue weighted by atomic mass is 10.1. The van der Waals surface area contributed by atoms with Crippen LogP contribution in [0.15, 0.2) is 121 Å². The van der Waals surface area contributed by atoms with E-state index in [9.17, 15) is 0 Å². The van der Waals surface area contributed by atoms with Gasteiger partial charge in [0.15, 0.2) is 0 Å². The van der Waals surface area contributed by atoms with Gasteiger partial charge in [0.05, 0.1) is 0 Å². The fourth-order valence-corrected chi connectivity index (χ4v) is 2.51. The normalized spacial score (nSPS) is 8.32. The van der Waals surface area contributed by atoms with Crippen LogP contribution in [0.25, 0.3) is 21.7 Å². The third kappa shape index (κ3) is 11.4. The summed E-state index contributed by atoms with van der Waals surface area (Å²) in [5.41, 5.74) is 1.21. The molecular formula is C30H39N. The summed E-state index contributed by atoms with van der Waals surface area (Å²) >= 11 is 0. The van der Waals surface area contributed by atoms with Crippen LogP contribution in [-0.4, -0.2) is 4.98 Å². The Bertz CT molecular complexity index is 878. The number of hydrogen-bond donors (Lipinski definition) is 1. The first-order chi connectivity index (χ1) is 15.4. The Hall–Kier alpha value is -3.32. The molecule has 1 heteroatoms. The molecule has 0 unspecified atom stereocenters. The number of rotatable bonds is 0. The number of benzene rings is 4. The molecule has 1 nitrogen and oxygen atoms in total. The highest BCUT2D eigenvalue weighted by molar-refractivity contribution is 5.82. The number of H-pyrrole nitrogens is 1. The summed E-state index contributed by atoms with van der Waals surface area (Å²) in [4.78, 5) is 3.12. The van der Waals surface area contributed by atoms with E-state index in [1.54, 1.807) is 0 Å². The summed E-state index contributed by atoms with van der Waals surface area (Å²) in [6.07, 6.45) is 1.95. The van der Waals surface area contributed by atoms with Crippen molar-refractivity contribution in [3.63, 3.8) is 0 Å². The second kappa shape index (κ2) is 20.0. The van der Waals surface area contributed by atoms with Crippen LogP contribution in [0.2, 0.25) is 0 Å². The van der Waals surface area contributed by atoms with E-state index in [-0.39, 0.29) is 0 Å². The van der Waals surface area contributed by atoms with Gasteiger partial charge in [-0.2, -0.15) is 0 Å². The van der Waals surface area contributed by atoms with Crippen molar-refractivity contribution in [3.05, 3.63) is 121 Å². The van der Waals surface area contributed by atoms with Gasteiger partial charge in [-0.3, -0.25) is 0 Å². The van der Waals surface area contributed by atoms with Crippen LogP contribution in [0, 0.1) is 0 Å². The first-order valence-electron chi connectivity index (χ1n) is 11.4. The van der Waals surface area contributed by atoms with Crippen LogP contribution in [0.1, 0.15) is 41.5 Å². The van der Waals surface area contributed by atoms with Gasteiger partial charge in [-0.15, -0.1) is 0 Å². The summed E-state index contributed by atoms with van der Waals surface area (Å²) in [7, 11) is 0. The molecule has 0 spiro atoms. The van der Waals surface area contributed by atoms with E-state index in [0.29, 0.717) is 0 Å². The van der Waals surface area contributed by atoms with Crippen LogP contribution in [0.5, 0.6) is 0 Å². The predicted octanol–water partition coefficient (Wildman–Crippen LogP) is 9.77. The van der Waals surface area contributed by atoms with Gasteiger partial charge in [0.25, 0.3) is 0 Å². The lowest BCUT2D eigenvalue weighted by Crippen LogP contribution is -1.67. The maximum atomic E-state index is 3.12. The summed E-state index contributed by atoms with van der Waals surface area (Å²) < 4.78 is 0. The standard InChI is InChI=1S/C10H8.C8H7N.C6H6.3C2H6/c1-2-6-10-8-4-3-7-9(10)5-1;1-2-4-8-7(3-1)5-6-9-8;1-2-4-6-5-3-1;3*1-2/h1-8H;1-6,9H;1-6H;3*1-2H3. The average molecular weight is 414 g/mol. The molecule has 0 fully saturated rings. The van der Waals surface area contributed by atoms with Gasteiger partial charge >= 0.3 is 0 Å². The minimum absolute atomic E-state index is 1.21. The molecule has 31 heavy (non-hydrogen) atoms. The maximum Gasteiger partial charge on any atom is 0.0453 e. The van der Waals surface area contributed by atoms with E-state index in [1.165, 1.54) is 21.7 Å². The molecule has 0 saturated carbocycles. The van der Waals surface area contributed by atoms with Crippen molar-refractivity contribution in [3.8, 4) is 0 Å².